The number of hydrogen-bond acceptors (Lipinski definition) is 4. The van der Waals surface area contributed by atoms with Crippen LogP contribution in [0.3, 0.4) is 0 Å². The van der Waals surface area contributed by atoms with Crippen LogP contribution in [0.4, 0.5) is 0 Å². The van der Waals surface area contributed by atoms with Gasteiger partial charge >= 0.3 is 0 Å². The van der Waals surface area contributed by atoms with Crippen molar-refractivity contribution in [3.8, 4) is 56.0 Å². The molecule has 10 aromatic rings. The van der Waals surface area contributed by atoms with E-state index < -0.39 is 0 Å². The second-order valence-electron chi connectivity index (χ2n) is 13.0. The lowest BCUT2D eigenvalue weighted by molar-refractivity contribution is 1.18. The second kappa shape index (κ2) is 12.4. The van der Waals surface area contributed by atoms with Gasteiger partial charge in [-0.3, -0.25) is 4.98 Å². The van der Waals surface area contributed by atoms with Crippen molar-refractivity contribution in [1.29, 1.82) is 0 Å². The van der Waals surface area contributed by atoms with Gasteiger partial charge in [-0.05, 0) is 91.3 Å². The topological polar surface area (TPSA) is 51.6 Å². The Morgan fingerprint density at radius 1 is 0.327 bits per heavy atom. The van der Waals surface area contributed by atoms with E-state index in [4.69, 9.17) is 9.97 Å². The largest absolute Gasteiger partial charge is 0.254 e. The van der Waals surface area contributed by atoms with Gasteiger partial charge in [-0.15, -0.1) is 0 Å². The molecule has 7 aromatic carbocycles. The molecule has 10 rings (SSSR count). The van der Waals surface area contributed by atoms with Crippen LogP contribution >= 0.6 is 0 Å². The van der Waals surface area contributed by atoms with Gasteiger partial charge in [0.05, 0.1) is 16.7 Å². The summed E-state index contributed by atoms with van der Waals surface area (Å²) in [4.78, 5) is 19.2. The SMILES string of the molecule is c1ccc(-c2c3ccccc3c(-c3cc4ccc(-c5cccc(-c6cccc(-c7ncccn7)c6)c5)nc4c4ncccc34)c3ccccc23)cc1. The highest BCUT2D eigenvalue weighted by Crippen LogP contribution is 2.46. The van der Waals surface area contributed by atoms with E-state index in [1.165, 1.54) is 38.2 Å². The fraction of sp³-hybridized carbons (Fsp3) is 0. The van der Waals surface area contributed by atoms with Crippen LogP contribution in [0.15, 0.2) is 182 Å². The summed E-state index contributed by atoms with van der Waals surface area (Å²) in [5.41, 5.74) is 11.8. The predicted molar refractivity (Wildman–Crippen MR) is 215 cm³/mol. The third-order valence-corrected chi connectivity index (χ3v) is 9.99. The Morgan fingerprint density at radius 3 is 1.60 bits per heavy atom. The molecule has 0 aliphatic heterocycles. The van der Waals surface area contributed by atoms with E-state index in [0.29, 0.717) is 5.82 Å². The Morgan fingerprint density at radius 2 is 0.885 bits per heavy atom. The molecule has 0 atom stereocenters. The Labute approximate surface area is 300 Å². The molecule has 52 heavy (non-hydrogen) atoms. The normalized spacial score (nSPS) is 11.5. The van der Waals surface area contributed by atoms with Gasteiger partial charge in [-0.2, -0.15) is 0 Å². The van der Waals surface area contributed by atoms with Crippen molar-refractivity contribution in [1.82, 2.24) is 19.9 Å². The zero-order valence-electron chi connectivity index (χ0n) is 28.1. The first-order chi connectivity index (χ1) is 25.8. The van der Waals surface area contributed by atoms with Crippen molar-refractivity contribution in [2.75, 3.05) is 0 Å². The van der Waals surface area contributed by atoms with Gasteiger partial charge in [-0.25, -0.2) is 15.0 Å². The molecule has 0 spiro atoms. The molecule has 0 saturated heterocycles. The zero-order valence-corrected chi connectivity index (χ0v) is 28.1. The second-order valence-corrected chi connectivity index (χ2v) is 13.0. The molecule has 0 aliphatic carbocycles. The quantitative estimate of drug-likeness (QED) is 0.136. The van der Waals surface area contributed by atoms with E-state index in [-0.39, 0.29) is 0 Å². The molecule has 0 amide bonds. The van der Waals surface area contributed by atoms with Gasteiger partial charge in [-0.1, -0.05) is 127 Å². The fourth-order valence-electron chi connectivity index (χ4n) is 7.67. The third-order valence-electron chi connectivity index (χ3n) is 9.99. The maximum Gasteiger partial charge on any atom is 0.159 e. The highest BCUT2D eigenvalue weighted by atomic mass is 14.8. The summed E-state index contributed by atoms with van der Waals surface area (Å²) in [6.07, 6.45) is 5.42. The molecule has 0 aliphatic rings. The lowest BCUT2D eigenvalue weighted by Crippen LogP contribution is -1.94. The van der Waals surface area contributed by atoms with Gasteiger partial charge in [0.2, 0.25) is 0 Å². The standard InChI is InChI=1S/C48H30N4/c1-2-12-31(13-3-1)44-37-18-4-6-20-39(37)45(40-21-7-5-19-38(40)44)42-30-35-23-24-43(52-46(35)47-41(42)22-10-25-49-47)34-16-8-14-32(28-34)33-15-9-17-36(29-33)48-50-26-11-27-51-48/h1-30H. The van der Waals surface area contributed by atoms with E-state index in [0.717, 1.165) is 55.3 Å². The summed E-state index contributed by atoms with van der Waals surface area (Å²) in [6.45, 7) is 0. The number of pyridine rings is 2. The molecule has 0 N–H and O–H groups in total. The van der Waals surface area contributed by atoms with Crippen molar-refractivity contribution in [3.63, 3.8) is 0 Å². The Hall–Kier alpha value is -7.04. The molecule has 0 fully saturated rings. The summed E-state index contributed by atoms with van der Waals surface area (Å²) >= 11 is 0. The molecular formula is C48H30N4. The van der Waals surface area contributed by atoms with E-state index in [1.807, 2.05) is 24.4 Å². The maximum absolute atomic E-state index is 5.30. The minimum absolute atomic E-state index is 0.712. The molecular weight excluding hydrogens is 633 g/mol. The number of aromatic nitrogens is 4. The Balaban J connectivity index is 1.15. The van der Waals surface area contributed by atoms with Crippen LogP contribution in [0.5, 0.6) is 0 Å². The van der Waals surface area contributed by atoms with E-state index in [1.54, 1.807) is 12.4 Å². The average Bonchev–Trinajstić information content (AvgIpc) is 3.23. The van der Waals surface area contributed by atoms with Crippen LogP contribution in [0, 0.1) is 0 Å². The van der Waals surface area contributed by atoms with Crippen molar-refractivity contribution >= 4 is 43.4 Å². The molecule has 0 radical (unpaired) electrons. The lowest BCUT2D eigenvalue weighted by Gasteiger charge is -2.19. The van der Waals surface area contributed by atoms with Crippen LogP contribution in [0.2, 0.25) is 0 Å². The van der Waals surface area contributed by atoms with Crippen molar-refractivity contribution in [3.05, 3.63) is 182 Å². The van der Waals surface area contributed by atoms with Crippen LogP contribution in [0.25, 0.3) is 99.4 Å². The molecule has 0 saturated carbocycles. The van der Waals surface area contributed by atoms with Gasteiger partial charge < -0.3 is 0 Å². The summed E-state index contributed by atoms with van der Waals surface area (Å²) in [5.74, 6) is 0.712. The molecule has 3 heterocycles. The third kappa shape index (κ3) is 5.00. The highest BCUT2D eigenvalue weighted by molar-refractivity contribution is 6.25. The first-order valence-electron chi connectivity index (χ1n) is 17.5. The number of fused-ring (bicyclic) bond motifs is 5. The van der Waals surface area contributed by atoms with Crippen LogP contribution < -0.4 is 0 Å². The molecule has 4 heteroatoms. The number of hydrogen-bond donors (Lipinski definition) is 0. The monoisotopic (exact) mass is 662 g/mol. The van der Waals surface area contributed by atoms with Crippen LogP contribution in [0.1, 0.15) is 0 Å². The maximum atomic E-state index is 5.30. The first kappa shape index (κ1) is 29.8. The summed E-state index contributed by atoms with van der Waals surface area (Å²) < 4.78 is 0. The van der Waals surface area contributed by atoms with Gasteiger partial charge in [0.1, 0.15) is 0 Å². The van der Waals surface area contributed by atoms with Crippen molar-refractivity contribution < 1.29 is 0 Å². The number of benzene rings is 7. The smallest absolute Gasteiger partial charge is 0.159 e. The molecule has 3 aromatic heterocycles. The number of nitrogens with zero attached hydrogens (tertiary/aromatic N) is 4. The molecule has 0 bridgehead atoms. The van der Waals surface area contributed by atoms with E-state index in [2.05, 4.69) is 156 Å². The van der Waals surface area contributed by atoms with Crippen molar-refractivity contribution in [2.24, 2.45) is 0 Å². The summed E-state index contributed by atoms with van der Waals surface area (Å²) in [5, 5.41) is 7.03. The summed E-state index contributed by atoms with van der Waals surface area (Å²) in [6, 6.07) is 57.9. The molecule has 242 valence electrons. The Bertz CT molecular complexity index is 2900. The van der Waals surface area contributed by atoms with Gasteiger partial charge in [0, 0.05) is 40.5 Å². The number of rotatable bonds is 5. The van der Waals surface area contributed by atoms with Gasteiger partial charge in [0.15, 0.2) is 5.82 Å². The van der Waals surface area contributed by atoms with Crippen molar-refractivity contribution in [2.45, 2.75) is 0 Å². The van der Waals surface area contributed by atoms with Crippen LogP contribution in [-0.4, -0.2) is 19.9 Å². The fourth-order valence-corrected chi connectivity index (χ4v) is 7.67. The Kier molecular flexibility index (Phi) is 7.10. The predicted octanol–water partition coefficient (Wildman–Crippen LogP) is 12.2. The highest BCUT2D eigenvalue weighted by Gasteiger charge is 2.20. The van der Waals surface area contributed by atoms with Crippen LogP contribution in [-0.2, 0) is 0 Å². The first-order valence-corrected chi connectivity index (χ1v) is 17.5. The molecule has 4 nitrogen and oxygen atoms in total. The minimum Gasteiger partial charge on any atom is -0.254 e. The van der Waals surface area contributed by atoms with E-state index >= 15 is 0 Å². The van der Waals surface area contributed by atoms with E-state index in [9.17, 15) is 0 Å². The van der Waals surface area contributed by atoms with Gasteiger partial charge in [0.25, 0.3) is 0 Å². The molecule has 0 unspecified atom stereocenters. The minimum atomic E-state index is 0.712. The average molecular weight is 663 g/mol. The lowest BCUT2D eigenvalue weighted by atomic mass is 9.84. The zero-order chi connectivity index (χ0) is 34.4. The summed E-state index contributed by atoms with van der Waals surface area (Å²) in [7, 11) is 0.